The summed E-state index contributed by atoms with van der Waals surface area (Å²) in [5, 5.41) is 3.16. The molecule has 0 spiro atoms. The van der Waals surface area contributed by atoms with E-state index in [0.717, 1.165) is 28.5 Å². The summed E-state index contributed by atoms with van der Waals surface area (Å²) in [4.78, 5) is 12.2. The maximum absolute atomic E-state index is 12.2. The number of nitrogens with zero attached hydrogens (tertiary/aromatic N) is 1. The number of methoxy groups -OCH3 is 1. The summed E-state index contributed by atoms with van der Waals surface area (Å²) in [5.41, 5.74) is 2.72. The third kappa shape index (κ3) is 1.58. The summed E-state index contributed by atoms with van der Waals surface area (Å²) in [6.07, 6.45) is 0. The van der Waals surface area contributed by atoms with E-state index in [4.69, 9.17) is 4.74 Å². The highest BCUT2D eigenvalue weighted by molar-refractivity contribution is 7.98. The summed E-state index contributed by atoms with van der Waals surface area (Å²) >= 11 is 1.76. The summed E-state index contributed by atoms with van der Waals surface area (Å²) in [6.45, 7) is 0. The Morgan fingerprint density at radius 2 is 2.18 bits per heavy atom. The molecule has 17 heavy (non-hydrogen) atoms. The molecule has 0 saturated heterocycles. The van der Waals surface area contributed by atoms with Crippen molar-refractivity contribution in [2.45, 2.75) is 11.5 Å². The van der Waals surface area contributed by atoms with Gasteiger partial charge in [0.05, 0.1) is 18.4 Å². The number of nitrogens with one attached hydrogen (secondary N) is 1. The third-order valence-corrected chi connectivity index (χ3v) is 3.88. The van der Waals surface area contributed by atoms with Crippen LogP contribution in [-0.2, 0) is 11.5 Å². The first-order chi connectivity index (χ1) is 8.31. The van der Waals surface area contributed by atoms with Crippen LogP contribution >= 0.6 is 11.8 Å². The van der Waals surface area contributed by atoms with E-state index in [-0.39, 0.29) is 5.56 Å². The molecule has 1 N–H and O–H groups in total. The number of hydrogen-bond acceptors (Lipinski definition) is 3. The van der Waals surface area contributed by atoms with Gasteiger partial charge in [-0.3, -0.25) is 9.89 Å². The van der Waals surface area contributed by atoms with Crippen molar-refractivity contribution in [1.29, 1.82) is 0 Å². The number of aromatic nitrogens is 2. The lowest BCUT2D eigenvalue weighted by Crippen LogP contribution is -2.17. The monoisotopic (exact) mass is 248 g/mol. The van der Waals surface area contributed by atoms with Gasteiger partial charge in [0, 0.05) is 11.5 Å². The Labute approximate surface area is 103 Å². The molecule has 2 heterocycles. The molecule has 1 aliphatic heterocycles. The molecule has 1 aliphatic rings. The standard InChI is InChI=1S/C12H12N2O2S/c1-16-11-5-3-2-4-10(11)14-12(15)8-6-17-7-9(8)13-14/h2-5,13H,6-7H2,1H3. The Kier molecular flexibility index (Phi) is 2.48. The predicted octanol–water partition coefficient (Wildman–Crippen LogP) is 1.92. The van der Waals surface area contributed by atoms with Crippen LogP contribution in [0.4, 0.5) is 0 Å². The number of rotatable bonds is 2. The molecule has 0 fully saturated rings. The van der Waals surface area contributed by atoms with E-state index in [2.05, 4.69) is 5.10 Å². The van der Waals surface area contributed by atoms with Gasteiger partial charge in [0.2, 0.25) is 0 Å². The number of H-pyrrole nitrogens is 1. The lowest BCUT2D eigenvalue weighted by Gasteiger charge is -2.08. The normalized spacial score (nSPS) is 13.7. The lowest BCUT2D eigenvalue weighted by molar-refractivity contribution is 0.411. The Morgan fingerprint density at radius 3 is 2.94 bits per heavy atom. The van der Waals surface area contributed by atoms with Crippen LogP contribution in [0.3, 0.4) is 0 Å². The van der Waals surface area contributed by atoms with Crippen molar-refractivity contribution in [3.8, 4) is 11.4 Å². The maximum atomic E-state index is 12.2. The Hall–Kier alpha value is -1.62. The third-order valence-electron chi connectivity index (χ3n) is 2.89. The zero-order valence-electron chi connectivity index (χ0n) is 9.40. The summed E-state index contributed by atoms with van der Waals surface area (Å²) in [7, 11) is 1.61. The van der Waals surface area contributed by atoms with Crippen molar-refractivity contribution >= 4 is 11.8 Å². The van der Waals surface area contributed by atoms with Crippen molar-refractivity contribution in [3.05, 3.63) is 45.9 Å². The molecule has 0 unspecified atom stereocenters. The lowest BCUT2D eigenvalue weighted by atomic mass is 10.3. The van der Waals surface area contributed by atoms with Gasteiger partial charge < -0.3 is 4.74 Å². The molecule has 0 bridgehead atoms. The average Bonchev–Trinajstić information content (AvgIpc) is 2.93. The first-order valence-corrected chi connectivity index (χ1v) is 6.50. The maximum Gasteiger partial charge on any atom is 0.275 e. The molecule has 0 amide bonds. The second kappa shape index (κ2) is 4.00. The number of fused-ring (bicyclic) bond motifs is 1. The van der Waals surface area contributed by atoms with Crippen LogP contribution in [0.25, 0.3) is 5.69 Å². The molecule has 1 aromatic heterocycles. The number of para-hydroxylation sites is 2. The summed E-state index contributed by atoms with van der Waals surface area (Å²) < 4.78 is 6.84. The number of benzene rings is 1. The van der Waals surface area contributed by atoms with E-state index >= 15 is 0 Å². The van der Waals surface area contributed by atoms with Crippen LogP contribution in [0.1, 0.15) is 11.3 Å². The van der Waals surface area contributed by atoms with Crippen LogP contribution in [0.5, 0.6) is 5.75 Å². The van der Waals surface area contributed by atoms with E-state index in [1.165, 1.54) is 0 Å². The highest BCUT2D eigenvalue weighted by Crippen LogP contribution is 2.28. The van der Waals surface area contributed by atoms with Gasteiger partial charge in [0.15, 0.2) is 0 Å². The molecule has 0 atom stereocenters. The van der Waals surface area contributed by atoms with Crippen molar-refractivity contribution in [2.75, 3.05) is 7.11 Å². The number of aromatic amines is 1. The molecular formula is C12H12N2O2S. The molecule has 3 rings (SSSR count). The first-order valence-electron chi connectivity index (χ1n) is 5.35. The van der Waals surface area contributed by atoms with Crippen LogP contribution in [0, 0.1) is 0 Å². The molecule has 4 nitrogen and oxygen atoms in total. The predicted molar refractivity (Wildman–Crippen MR) is 67.9 cm³/mol. The van der Waals surface area contributed by atoms with Crippen molar-refractivity contribution in [2.24, 2.45) is 0 Å². The van der Waals surface area contributed by atoms with Gasteiger partial charge in [-0.25, -0.2) is 4.68 Å². The molecule has 0 saturated carbocycles. The van der Waals surface area contributed by atoms with E-state index in [9.17, 15) is 4.79 Å². The average molecular weight is 248 g/mol. The van der Waals surface area contributed by atoms with Crippen molar-refractivity contribution < 1.29 is 4.74 Å². The SMILES string of the molecule is COc1ccccc1-n1[nH]c2c(c1=O)CSC2. The van der Waals surface area contributed by atoms with Gasteiger partial charge in [-0.15, -0.1) is 0 Å². The number of ether oxygens (including phenoxy) is 1. The van der Waals surface area contributed by atoms with Crippen LogP contribution in [0.2, 0.25) is 0 Å². The van der Waals surface area contributed by atoms with Crippen molar-refractivity contribution in [3.63, 3.8) is 0 Å². The van der Waals surface area contributed by atoms with E-state index < -0.39 is 0 Å². The molecule has 0 aliphatic carbocycles. The van der Waals surface area contributed by atoms with Gasteiger partial charge in [0.25, 0.3) is 5.56 Å². The Balaban J connectivity index is 2.19. The minimum absolute atomic E-state index is 0.0366. The highest BCUT2D eigenvalue weighted by Gasteiger charge is 2.21. The fourth-order valence-corrected chi connectivity index (χ4v) is 3.07. The van der Waals surface area contributed by atoms with E-state index in [1.54, 1.807) is 23.6 Å². The molecule has 5 heteroatoms. The highest BCUT2D eigenvalue weighted by atomic mass is 32.2. The van der Waals surface area contributed by atoms with E-state index in [1.807, 2.05) is 24.3 Å². The smallest absolute Gasteiger partial charge is 0.275 e. The van der Waals surface area contributed by atoms with Crippen molar-refractivity contribution in [1.82, 2.24) is 9.78 Å². The van der Waals surface area contributed by atoms with Crippen LogP contribution < -0.4 is 10.3 Å². The fourth-order valence-electron chi connectivity index (χ4n) is 2.02. The molecule has 1 aromatic carbocycles. The number of thioether (sulfide) groups is 1. The topological polar surface area (TPSA) is 47.0 Å². The van der Waals surface area contributed by atoms with Gasteiger partial charge in [0.1, 0.15) is 11.4 Å². The van der Waals surface area contributed by atoms with Gasteiger partial charge in [-0.1, -0.05) is 12.1 Å². The Morgan fingerprint density at radius 1 is 1.35 bits per heavy atom. The summed E-state index contributed by atoms with van der Waals surface area (Å²) in [6, 6.07) is 7.51. The van der Waals surface area contributed by atoms with Crippen LogP contribution in [0.15, 0.2) is 29.1 Å². The minimum Gasteiger partial charge on any atom is -0.494 e. The van der Waals surface area contributed by atoms with Gasteiger partial charge in [-0.2, -0.15) is 11.8 Å². The molecule has 0 radical (unpaired) electrons. The Bertz CT molecular complexity index is 615. The molecule has 88 valence electrons. The molecular weight excluding hydrogens is 236 g/mol. The second-order valence-corrected chi connectivity index (χ2v) is 4.86. The molecule has 2 aromatic rings. The summed E-state index contributed by atoms with van der Waals surface area (Å²) in [5.74, 6) is 2.38. The van der Waals surface area contributed by atoms with E-state index in [0.29, 0.717) is 5.75 Å². The van der Waals surface area contributed by atoms with Gasteiger partial charge in [-0.05, 0) is 12.1 Å². The zero-order chi connectivity index (χ0) is 11.8. The van der Waals surface area contributed by atoms with Crippen LogP contribution in [-0.4, -0.2) is 16.9 Å². The minimum atomic E-state index is 0.0366. The largest absolute Gasteiger partial charge is 0.494 e. The first kappa shape index (κ1) is 10.5. The zero-order valence-corrected chi connectivity index (χ0v) is 10.2. The second-order valence-electron chi connectivity index (χ2n) is 3.87. The number of hydrogen-bond donors (Lipinski definition) is 1. The fraction of sp³-hybridized carbons (Fsp3) is 0.250. The quantitative estimate of drug-likeness (QED) is 0.883. The van der Waals surface area contributed by atoms with Gasteiger partial charge >= 0.3 is 0 Å².